The van der Waals surface area contributed by atoms with Crippen LogP contribution in [0.15, 0.2) is 89.1 Å². The monoisotopic (exact) mass is 586 g/mol. The zero-order valence-electron chi connectivity index (χ0n) is 25.1. The summed E-state index contributed by atoms with van der Waals surface area (Å²) in [5.41, 5.74) is 13.6. The van der Waals surface area contributed by atoms with Crippen LogP contribution in [-0.2, 0) is 6.61 Å². The van der Waals surface area contributed by atoms with Crippen molar-refractivity contribution in [2.45, 2.75) is 34.3 Å². The average molecular weight is 587 g/mol. The van der Waals surface area contributed by atoms with E-state index in [1.807, 2.05) is 94.4 Å². The van der Waals surface area contributed by atoms with Crippen LogP contribution < -0.4 is 26.2 Å². The smallest absolute Gasteiger partial charge is 0.339 e. The van der Waals surface area contributed by atoms with Gasteiger partial charge in [-0.05, 0) is 103 Å². The Bertz CT molecular complexity index is 1690. The van der Waals surface area contributed by atoms with Gasteiger partial charge in [-0.2, -0.15) is 10.2 Å². The summed E-state index contributed by atoms with van der Waals surface area (Å²) in [6, 6.07) is 23.5. The molecule has 0 fully saturated rings. The molecule has 4 aromatic rings. The number of hydrogen-bond donors (Lipinski definition) is 4. The van der Waals surface area contributed by atoms with Gasteiger partial charge in [-0.25, -0.2) is 20.4 Å². The topological polar surface area (TPSA) is 116 Å². The minimum Gasteiger partial charge on any atom is -0.489 e. The molecule has 0 heterocycles. The van der Waals surface area contributed by atoms with Gasteiger partial charge in [-0.3, -0.25) is 0 Å². The predicted molar refractivity (Wildman–Crippen MR) is 176 cm³/mol. The Morgan fingerprint density at radius 1 is 0.727 bits per heavy atom. The number of nitrogens with zero attached hydrogens (tertiary/aromatic N) is 2. The van der Waals surface area contributed by atoms with Crippen LogP contribution in [-0.4, -0.2) is 24.5 Å². The summed E-state index contributed by atoms with van der Waals surface area (Å²) >= 11 is 0. The average Bonchev–Trinajstić information content (AvgIpc) is 3.01. The minimum atomic E-state index is -0.447. The molecule has 4 rings (SSSR count). The largest absolute Gasteiger partial charge is 0.489 e. The first-order valence-electron chi connectivity index (χ1n) is 13.9. The summed E-state index contributed by atoms with van der Waals surface area (Å²) in [7, 11) is 0. The zero-order chi connectivity index (χ0) is 31.5. The second kappa shape index (κ2) is 14.8. The van der Waals surface area contributed by atoms with Gasteiger partial charge >= 0.3 is 12.1 Å². The van der Waals surface area contributed by atoms with Gasteiger partial charge in [-0.1, -0.05) is 48.4 Å². The zero-order valence-corrected chi connectivity index (χ0v) is 25.1. The number of urea groups is 2. The standard InChI is InChI=1S/C35H34N6O3/c1-6-27-10-12-28(13-11-27)20-36-41-35(43)39-33-25(4)18-30(19-26(33)5)22-44-31-16-14-29(15-17-31)21-37-40-34(42)38-32-23(2)8-7-9-24(32)3/h1,7-21H,22H2,2-5H3,(H2,38,40,42)(H2,39,41,43). The lowest BCUT2D eigenvalue weighted by Gasteiger charge is -2.14. The number of benzene rings is 4. The van der Waals surface area contributed by atoms with Crippen molar-refractivity contribution in [2.75, 3.05) is 10.6 Å². The highest BCUT2D eigenvalue weighted by atomic mass is 16.5. The maximum absolute atomic E-state index is 12.4. The Morgan fingerprint density at radius 2 is 1.20 bits per heavy atom. The van der Waals surface area contributed by atoms with E-state index in [9.17, 15) is 9.59 Å². The van der Waals surface area contributed by atoms with Gasteiger partial charge in [0.15, 0.2) is 0 Å². The van der Waals surface area contributed by atoms with Crippen molar-refractivity contribution in [2.24, 2.45) is 10.2 Å². The molecule has 44 heavy (non-hydrogen) atoms. The van der Waals surface area contributed by atoms with Crippen LogP contribution in [0.1, 0.15) is 44.5 Å². The molecular weight excluding hydrogens is 552 g/mol. The second-order valence-electron chi connectivity index (χ2n) is 10.1. The highest BCUT2D eigenvalue weighted by Crippen LogP contribution is 2.24. The number of ether oxygens (including phenoxy) is 1. The number of terminal acetylenes is 1. The summed E-state index contributed by atoms with van der Waals surface area (Å²) < 4.78 is 5.97. The number of para-hydroxylation sites is 1. The third kappa shape index (κ3) is 8.81. The third-order valence-corrected chi connectivity index (χ3v) is 6.67. The fourth-order valence-electron chi connectivity index (χ4n) is 4.44. The van der Waals surface area contributed by atoms with E-state index in [0.717, 1.165) is 50.2 Å². The van der Waals surface area contributed by atoms with Crippen LogP contribution in [0.4, 0.5) is 21.0 Å². The molecule has 4 aromatic carbocycles. The molecule has 0 saturated carbocycles. The molecule has 9 heteroatoms. The molecule has 0 unspecified atom stereocenters. The van der Waals surface area contributed by atoms with E-state index in [1.54, 1.807) is 24.6 Å². The van der Waals surface area contributed by atoms with Crippen molar-refractivity contribution < 1.29 is 14.3 Å². The molecule has 222 valence electrons. The van der Waals surface area contributed by atoms with Crippen molar-refractivity contribution in [3.63, 3.8) is 0 Å². The molecule has 0 spiro atoms. The van der Waals surface area contributed by atoms with E-state index in [-0.39, 0.29) is 0 Å². The van der Waals surface area contributed by atoms with Gasteiger partial charge in [0, 0.05) is 16.9 Å². The summed E-state index contributed by atoms with van der Waals surface area (Å²) in [5, 5.41) is 13.7. The Hall–Kier alpha value is -5.88. The first-order valence-corrected chi connectivity index (χ1v) is 13.9. The van der Waals surface area contributed by atoms with Gasteiger partial charge in [0.25, 0.3) is 0 Å². The van der Waals surface area contributed by atoms with E-state index in [2.05, 4.69) is 37.6 Å². The lowest BCUT2D eigenvalue weighted by Crippen LogP contribution is -2.25. The number of hydrazone groups is 2. The molecule has 0 atom stereocenters. The third-order valence-electron chi connectivity index (χ3n) is 6.67. The van der Waals surface area contributed by atoms with E-state index < -0.39 is 12.1 Å². The maximum Gasteiger partial charge on any atom is 0.339 e. The molecule has 0 radical (unpaired) electrons. The Labute approximate surface area is 257 Å². The van der Waals surface area contributed by atoms with Gasteiger partial charge < -0.3 is 15.4 Å². The molecule has 9 nitrogen and oxygen atoms in total. The number of hydrogen-bond acceptors (Lipinski definition) is 5. The summed E-state index contributed by atoms with van der Waals surface area (Å²) in [6.07, 6.45) is 8.47. The summed E-state index contributed by atoms with van der Waals surface area (Å²) in [4.78, 5) is 24.6. The molecule has 4 amide bonds. The second-order valence-corrected chi connectivity index (χ2v) is 10.1. The number of rotatable bonds is 9. The van der Waals surface area contributed by atoms with Crippen LogP contribution >= 0.6 is 0 Å². The minimum absolute atomic E-state index is 0.352. The normalized spacial score (nSPS) is 10.8. The van der Waals surface area contributed by atoms with Crippen molar-refractivity contribution in [3.05, 3.63) is 123 Å². The lowest BCUT2D eigenvalue weighted by molar-refractivity contribution is 0.251. The van der Waals surface area contributed by atoms with Gasteiger partial charge in [0.2, 0.25) is 0 Å². The molecule has 0 aromatic heterocycles. The van der Waals surface area contributed by atoms with Gasteiger partial charge in [-0.15, -0.1) is 6.42 Å². The van der Waals surface area contributed by atoms with E-state index in [1.165, 1.54) is 0 Å². The fourth-order valence-corrected chi connectivity index (χ4v) is 4.44. The number of nitrogens with one attached hydrogen (secondary N) is 4. The molecule has 4 N–H and O–H groups in total. The molecule has 0 saturated heterocycles. The Morgan fingerprint density at radius 3 is 1.70 bits per heavy atom. The van der Waals surface area contributed by atoms with Crippen LogP contribution in [0.25, 0.3) is 0 Å². The number of amides is 4. The first kappa shape index (κ1) is 31.1. The van der Waals surface area contributed by atoms with Gasteiger partial charge in [0.05, 0.1) is 12.4 Å². The number of anilines is 2. The van der Waals surface area contributed by atoms with Crippen LogP contribution in [0.2, 0.25) is 0 Å². The van der Waals surface area contributed by atoms with E-state index in [0.29, 0.717) is 18.0 Å². The number of carbonyl (C=O) groups is 2. The molecule has 0 aliphatic carbocycles. The predicted octanol–water partition coefficient (Wildman–Crippen LogP) is 6.79. The van der Waals surface area contributed by atoms with Crippen molar-refractivity contribution in [3.8, 4) is 18.1 Å². The van der Waals surface area contributed by atoms with Gasteiger partial charge in [0.1, 0.15) is 12.4 Å². The van der Waals surface area contributed by atoms with E-state index >= 15 is 0 Å². The lowest BCUT2D eigenvalue weighted by atomic mass is 10.0. The van der Waals surface area contributed by atoms with Crippen LogP contribution in [0.3, 0.4) is 0 Å². The highest BCUT2D eigenvalue weighted by molar-refractivity contribution is 5.92. The highest BCUT2D eigenvalue weighted by Gasteiger charge is 2.10. The molecule has 0 aliphatic rings. The Balaban J connectivity index is 1.25. The van der Waals surface area contributed by atoms with E-state index in [4.69, 9.17) is 11.2 Å². The number of carbonyl (C=O) groups excluding carboxylic acids is 2. The molecular formula is C35H34N6O3. The molecule has 0 bridgehead atoms. The quantitative estimate of drug-likeness (QED) is 0.0983. The number of aryl methyl sites for hydroxylation is 4. The first-order chi connectivity index (χ1) is 21.2. The van der Waals surface area contributed by atoms with Crippen LogP contribution in [0, 0.1) is 40.0 Å². The van der Waals surface area contributed by atoms with Crippen LogP contribution in [0.5, 0.6) is 5.75 Å². The summed E-state index contributed by atoms with van der Waals surface area (Å²) in [6.45, 7) is 8.07. The maximum atomic E-state index is 12.4. The van der Waals surface area contributed by atoms with Crippen molar-refractivity contribution in [1.82, 2.24) is 10.9 Å². The SMILES string of the molecule is C#Cc1ccc(C=NNC(=O)Nc2c(C)cc(COc3ccc(C=NNC(=O)Nc4c(C)cccc4C)cc3)cc2C)cc1. The Kier molecular flexibility index (Phi) is 10.5. The van der Waals surface area contributed by atoms with Crippen molar-refractivity contribution >= 4 is 35.9 Å². The molecule has 0 aliphatic heterocycles. The fraction of sp³-hybridized carbons (Fsp3) is 0.143. The summed E-state index contributed by atoms with van der Waals surface area (Å²) in [5.74, 6) is 3.24. The van der Waals surface area contributed by atoms with Crippen molar-refractivity contribution in [1.29, 1.82) is 0 Å².